The van der Waals surface area contributed by atoms with Crippen LogP contribution in [0.5, 0.6) is 5.75 Å². The molecule has 0 spiro atoms. The molecule has 2 rings (SSSR count). The molecule has 1 fully saturated rings. The zero-order valence-electron chi connectivity index (χ0n) is 11.7. The summed E-state index contributed by atoms with van der Waals surface area (Å²) in [5.41, 5.74) is -1.83. The smallest absolute Gasteiger partial charge is 0.417 e. The summed E-state index contributed by atoms with van der Waals surface area (Å²) in [5.74, 6) is -2.05. The van der Waals surface area contributed by atoms with Crippen LogP contribution < -0.4 is 4.74 Å². The molecule has 3 atom stereocenters. The van der Waals surface area contributed by atoms with Crippen molar-refractivity contribution >= 4 is 11.6 Å². The quantitative estimate of drug-likeness (QED) is 0.742. The zero-order valence-corrected chi connectivity index (χ0v) is 12.5. The van der Waals surface area contributed by atoms with Gasteiger partial charge in [0.25, 0.3) is 0 Å². The van der Waals surface area contributed by atoms with Crippen molar-refractivity contribution in [2.24, 2.45) is 5.92 Å². The van der Waals surface area contributed by atoms with Crippen molar-refractivity contribution in [3.63, 3.8) is 0 Å². The van der Waals surface area contributed by atoms with E-state index in [1.165, 1.54) is 20.1 Å². The third-order valence-corrected chi connectivity index (χ3v) is 4.63. The highest BCUT2D eigenvalue weighted by Gasteiger charge is 2.61. The van der Waals surface area contributed by atoms with Gasteiger partial charge in [0.1, 0.15) is 16.6 Å². The number of benzene rings is 1. The summed E-state index contributed by atoms with van der Waals surface area (Å²) in [7, 11) is 1.30. The lowest BCUT2D eigenvalue weighted by Crippen LogP contribution is -2.46. The van der Waals surface area contributed by atoms with Gasteiger partial charge in [-0.2, -0.15) is 13.2 Å². The van der Waals surface area contributed by atoms with Gasteiger partial charge in [0.15, 0.2) is 5.60 Å². The monoisotopic (exact) mass is 326 g/mol. The van der Waals surface area contributed by atoms with E-state index in [4.69, 9.17) is 21.1 Å². The molecule has 1 aliphatic heterocycles. The number of hydrogen-bond acceptors (Lipinski definition) is 2. The molecule has 0 aromatic heterocycles. The van der Waals surface area contributed by atoms with Crippen LogP contribution in [-0.4, -0.2) is 25.5 Å². The van der Waals surface area contributed by atoms with Crippen LogP contribution in [0.2, 0.25) is 5.02 Å². The second-order valence-electron chi connectivity index (χ2n) is 5.29. The van der Waals surface area contributed by atoms with Gasteiger partial charge in [-0.05, 0) is 13.0 Å². The van der Waals surface area contributed by atoms with Crippen LogP contribution in [0.3, 0.4) is 0 Å². The Labute approximate surface area is 125 Å². The maximum atomic E-state index is 13.4. The topological polar surface area (TPSA) is 18.5 Å². The predicted molar refractivity (Wildman–Crippen MR) is 70.3 cm³/mol. The maximum Gasteiger partial charge on any atom is 0.417 e. The highest BCUT2D eigenvalue weighted by atomic mass is 35.5. The van der Waals surface area contributed by atoms with E-state index in [0.717, 1.165) is 13.0 Å². The van der Waals surface area contributed by atoms with Gasteiger partial charge in [-0.15, -0.1) is 0 Å². The van der Waals surface area contributed by atoms with E-state index in [-0.39, 0.29) is 17.4 Å². The van der Waals surface area contributed by atoms with E-state index < -0.39 is 29.4 Å². The number of methoxy groups -OCH3 is 1. The summed E-state index contributed by atoms with van der Waals surface area (Å²) in [6, 6.07) is 2.52. The van der Waals surface area contributed by atoms with E-state index in [1.807, 2.05) is 0 Å². The Hall–Kier alpha value is -1.01. The molecule has 1 aromatic rings. The fourth-order valence-electron chi connectivity index (χ4n) is 2.67. The predicted octanol–water partition coefficient (Wildman–Crippen LogP) is 4.56. The van der Waals surface area contributed by atoms with Crippen LogP contribution in [0.1, 0.15) is 25.3 Å². The highest BCUT2D eigenvalue weighted by molar-refractivity contribution is 6.32. The molecule has 0 bridgehead atoms. The fourth-order valence-corrected chi connectivity index (χ4v) is 2.92. The maximum absolute atomic E-state index is 13.4. The van der Waals surface area contributed by atoms with Gasteiger partial charge >= 0.3 is 6.18 Å². The first-order valence-corrected chi connectivity index (χ1v) is 6.74. The molecule has 7 heteroatoms. The summed E-state index contributed by atoms with van der Waals surface area (Å²) in [6.07, 6.45) is -4.49. The Kier molecular flexibility index (Phi) is 4.14. The molecule has 118 valence electrons. The summed E-state index contributed by atoms with van der Waals surface area (Å²) < 4.78 is 63.1. The molecular weight excluding hydrogens is 312 g/mol. The Morgan fingerprint density at radius 1 is 1.38 bits per heavy atom. The standard InChI is InChI=1S/C14H15ClF4O2/c1-7-9(6-21-13(7,2)14(17,18)19)8-4-5-10(16)11(15)12(8)20-3/h4-5,7,9H,6H2,1-3H3/t7?,9?,13-/m1/s1. The number of hydrogen-bond donors (Lipinski definition) is 0. The van der Waals surface area contributed by atoms with Crippen LogP contribution in [0.4, 0.5) is 17.6 Å². The lowest BCUT2D eigenvalue weighted by molar-refractivity contribution is -0.266. The SMILES string of the molecule is COc1c(C2CO[C@@](C)(C(F)(F)F)C2C)ccc(F)c1Cl. The molecule has 0 amide bonds. The number of ether oxygens (including phenoxy) is 2. The van der Waals surface area contributed by atoms with Crippen molar-refractivity contribution < 1.29 is 27.0 Å². The molecular formula is C14H15ClF4O2. The van der Waals surface area contributed by atoms with Crippen molar-refractivity contribution in [3.05, 3.63) is 28.5 Å². The van der Waals surface area contributed by atoms with E-state index in [2.05, 4.69) is 0 Å². The molecule has 1 heterocycles. The lowest BCUT2D eigenvalue weighted by Gasteiger charge is -2.32. The average molecular weight is 327 g/mol. The zero-order chi connectivity index (χ0) is 16.0. The van der Waals surface area contributed by atoms with Gasteiger partial charge in [0, 0.05) is 17.4 Å². The van der Waals surface area contributed by atoms with Crippen molar-refractivity contribution in [2.45, 2.75) is 31.5 Å². The number of halogens is 5. The van der Waals surface area contributed by atoms with Gasteiger partial charge in [-0.1, -0.05) is 24.6 Å². The summed E-state index contributed by atoms with van der Waals surface area (Å²) in [4.78, 5) is 0. The molecule has 0 saturated carbocycles. The summed E-state index contributed by atoms with van der Waals surface area (Å²) >= 11 is 5.82. The van der Waals surface area contributed by atoms with Crippen molar-refractivity contribution in [1.29, 1.82) is 0 Å². The Balaban J connectivity index is 2.44. The Bertz CT molecular complexity index is 547. The normalized spacial score (nSPS) is 29.7. The highest BCUT2D eigenvalue weighted by Crippen LogP contribution is 2.52. The third kappa shape index (κ3) is 2.48. The van der Waals surface area contributed by atoms with Crippen molar-refractivity contribution in [2.75, 3.05) is 13.7 Å². The van der Waals surface area contributed by atoms with Gasteiger partial charge in [0.05, 0.1) is 13.7 Å². The second-order valence-corrected chi connectivity index (χ2v) is 5.67. The Morgan fingerprint density at radius 3 is 2.48 bits per heavy atom. The second kappa shape index (κ2) is 5.32. The van der Waals surface area contributed by atoms with Crippen LogP contribution in [0.25, 0.3) is 0 Å². The van der Waals surface area contributed by atoms with E-state index >= 15 is 0 Å². The molecule has 2 nitrogen and oxygen atoms in total. The van der Waals surface area contributed by atoms with Gasteiger partial charge in [0.2, 0.25) is 0 Å². The van der Waals surface area contributed by atoms with Crippen molar-refractivity contribution in [1.82, 2.24) is 0 Å². The molecule has 1 aromatic carbocycles. The van der Waals surface area contributed by atoms with Crippen molar-refractivity contribution in [3.8, 4) is 5.75 Å². The van der Waals surface area contributed by atoms with Gasteiger partial charge < -0.3 is 9.47 Å². The number of rotatable bonds is 2. The van der Waals surface area contributed by atoms with E-state index in [0.29, 0.717) is 5.56 Å². The molecule has 0 radical (unpaired) electrons. The minimum absolute atomic E-state index is 0.0588. The van der Waals surface area contributed by atoms with E-state index in [1.54, 1.807) is 0 Å². The molecule has 1 saturated heterocycles. The van der Waals surface area contributed by atoms with Gasteiger partial charge in [-0.3, -0.25) is 0 Å². The minimum atomic E-state index is -4.49. The van der Waals surface area contributed by atoms with E-state index in [9.17, 15) is 17.6 Å². The first kappa shape index (κ1) is 16.4. The third-order valence-electron chi connectivity index (χ3n) is 4.28. The van der Waals surface area contributed by atoms with Crippen LogP contribution in [-0.2, 0) is 4.74 Å². The first-order chi connectivity index (χ1) is 9.63. The molecule has 0 aliphatic carbocycles. The summed E-state index contributed by atoms with van der Waals surface area (Å²) in [6.45, 7) is 2.35. The molecule has 1 aliphatic rings. The number of alkyl halides is 3. The van der Waals surface area contributed by atoms with Gasteiger partial charge in [-0.25, -0.2) is 4.39 Å². The molecule has 0 N–H and O–H groups in total. The minimum Gasteiger partial charge on any atom is -0.495 e. The fraction of sp³-hybridized carbons (Fsp3) is 0.571. The van der Waals surface area contributed by atoms with Crippen LogP contribution in [0, 0.1) is 11.7 Å². The molecule has 21 heavy (non-hydrogen) atoms. The summed E-state index contributed by atoms with van der Waals surface area (Å²) in [5, 5.41) is -0.234. The molecule has 2 unspecified atom stereocenters. The van der Waals surface area contributed by atoms with Crippen LogP contribution in [0.15, 0.2) is 12.1 Å². The average Bonchev–Trinajstić information content (AvgIpc) is 2.70. The lowest BCUT2D eigenvalue weighted by atomic mass is 9.79. The largest absolute Gasteiger partial charge is 0.495 e. The first-order valence-electron chi connectivity index (χ1n) is 6.36. The van der Waals surface area contributed by atoms with Crippen LogP contribution >= 0.6 is 11.6 Å². The Morgan fingerprint density at radius 2 is 2.00 bits per heavy atom.